The lowest BCUT2D eigenvalue weighted by molar-refractivity contribution is 0.153. The molecule has 1 N–H and O–H groups in total. The highest BCUT2D eigenvalue weighted by molar-refractivity contribution is 5.80. The number of guanidine groups is 1. The van der Waals surface area contributed by atoms with Crippen molar-refractivity contribution in [3.05, 3.63) is 11.6 Å². The molecule has 0 aromatic rings. The summed E-state index contributed by atoms with van der Waals surface area (Å²) in [6.45, 7) is 5.05. The Morgan fingerprint density at radius 2 is 2.24 bits per heavy atom. The lowest BCUT2D eigenvalue weighted by Gasteiger charge is -2.26. The van der Waals surface area contributed by atoms with Gasteiger partial charge in [-0.3, -0.25) is 4.99 Å². The van der Waals surface area contributed by atoms with Crippen molar-refractivity contribution in [3.63, 3.8) is 0 Å². The maximum Gasteiger partial charge on any atom is 0.193 e. The van der Waals surface area contributed by atoms with Crippen LogP contribution in [0.4, 0.5) is 0 Å². The normalized spacial score (nSPS) is 25.5. The molecule has 21 heavy (non-hydrogen) atoms. The molecule has 2 aliphatic heterocycles. The van der Waals surface area contributed by atoms with Crippen LogP contribution in [0.5, 0.6) is 0 Å². The fourth-order valence-electron chi connectivity index (χ4n) is 4.11. The summed E-state index contributed by atoms with van der Waals surface area (Å²) in [5.74, 6) is 1.10. The van der Waals surface area contributed by atoms with Crippen LogP contribution in [0.3, 0.4) is 0 Å². The monoisotopic (exact) mass is 291 g/mol. The van der Waals surface area contributed by atoms with Crippen LogP contribution in [0.15, 0.2) is 16.6 Å². The van der Waals surface area contributed by atoms with E-state index in [9.17, 15) is 0 Å². The number of ether oxygens (including phenoxy) is 1. The average Bonchev–Trinajstić information content (AvgIpc) is 3.15. The second kappa shape index (κ2) is 6.82. The van der Waals surface area contributed by atoms with Gasteiger partial charge in [0, 0.05) is 26.7 Å². The predicted octanol–water partition coefficient (Wildman–Crippen LogP) is 2.56. The number of hydrogen-bond donors (Lipinski definition) is 1. The van der Waals surface area contributed by atoms with Crippen LogP contribution in [0.1, 0.15) is 44.9 Å². The molecule has 2 heterocycles. The quantitative estimate of drug-likeness (QED) is 0.493. The Balaban J connectivity index is 1.46. The molecule has 2 fully saturated rings. The van der Waals surface area contributed by atoms with Crippen LogP contribution in [0, 0.1) is 5.41 Å². The zero-order valence-corrected chi connectivity index (χ0v) is 13.4. The second-order valence-electron chi connectivity index (χ2n) is 6.79. The highest BCUT2D eigenvalue weighted by Crippen LogP contribution is 2.45. The molecule has 0 atom stereocenters. The molecular formula is C17H29N3O. The summed E-state index contributed by atoms with van der Waals surface area (Å²) in [7, 11) is 1.91. The lowest BCUT2D eigenvalue weighted by atomic mass is 9.86. The Hall–Kier alpha value is -1.03. The van der Waals surface area contributed by atoms with Crippen molar-refractivity contribution in [2.75, 3.05) is 39.9 Å². The first-order valence-corrected chi connectivity index (χ1v) is 8.53. The van der Waals surface area contributed by atoms with Crippen LogP contribution in [0.25, 0.3) is 0 Å². The van der Waals surface area contributed by atoms with Crippen molar-refractivity contribution in [3.8, 4) is 0 Å². The van der Waals surface area contributed by atoms with Gasteiger partial charge >= 0.3 is 0 Å². The molecule has 1 aliphatic carbocycles. The molecule has 1 saturated heterocycles. The van der Waals surface area contributed by atoms with E-state index in [1.165, 1.54) is 50.8 Å². The molecule has 4 heteroatoms. The minimum atomic E-state index is 0.612. The lowest BCUT2D eigenvalue weighted by Crippen LogP contribution is -2.41. The molecule has 0 aromatic heterocycles. The molecule has 3 aliphatic rings. The van der Waals surface area contributed by atoms with Crippen molar-refractivity contribution in [1.82, 2.24) is 10.2 Å². The fourth-order valence-corrected chi connectivity index (χ4v) is 4.11. The van der Waals surface area contributed by atoms with E-state index in [2.05, 4.69) is 21.3 Å². The second-order valence-corrected chi connectivity index (χ2v) is 6.79. The molecule has 0 aromatic carbocycles. The fraction of sp³-hybridized carbons (Fsp3) is 0.824. The van der Waals surface area contributed by atoms with E-state index >= 15 is 0 Å². The van der Waals surface area contributed by atoms with Gasteiger partial charge in [0.15, 0.2) is 5.96 Å². The van der Waals surface area contributed by atoms with Crippen LogP contribution < -0.4 is 5.32 Å². The van der Waals surface area contributed by atoms with E-state index in [4.69, 9.17) is 4.74 Å². The molecule has 0 bridgehead atoms. The summed E-state index contributed by atoms with van der Waals surface area (Å²) in [5, 5.41) is 3.56. The zero-order chi connectivity index (χ0) is 14.5. The van der Waals surface area contributed by atoms with Crippen molar-refractivity contribution in [1.29, 1.82) is 0 Å². The molecular weight excluding hydrogens is 262 g/mol. The highest BCUT2D eigenvalue weighted by atomic mass is 16.5. The summed E-state index contributed by atoms with van der Waals surface area (Å²) >= 11 is 0. The summed E-state index contributed by atoms with van der Waals surface area (Å²) in [5.41, 5.74) is 2.14. The smallest absolute Gasteiger partial charge is 0.193 e. The topological polar surface area (TPSA) is 36.9 Å². The van der Waals surface area contributed by atoms with Crippen LogP contribution in [0.2, 0.25) is 0 Å². The third kappa shape index (κ3) is 3.60. The minimum Gasteiger partial charge on any atom is -0.377 e. The van der Waals surface area contributed by atoms with Crippen LogP contribution in [-0.4, -0.2) is 50.8 Å². The van der Waals surface area contributed by atoms with Gasteiger partial charge in [-0.05, 0) is 37.5 Å². The SMILES string of the molecule is CN=C(NCCC1=CCOCC1)N1CCC2(CCCC2)C1. The number of hydrogen-bond acceptors (Lipinski definition) is 2. The molecule has 0 amide bonds. The van der Waals surface area contributed by atoms with E-state index in [0.29, 0.717) is 5.41 Å². The van der Waals surface area contributed by atoms with Gasteiger partial charge in [-0.25, -0.2) is 0 Å². The molecule has 118 valence electrons. The Kier molecular flexibility index (Phi) is 4.84. The molecule has 0 radical (unpaired) electrons. The largest absolute Gasteiger partial charge is 0.377 e. The van der Waals surface area contributed by atoms with E-state index < -0.39 is 0 Å². The minimum absolute atomic E-state index is 0.612. The van der Waals surface area contributed by atoms with Crippen molar-refractivity contribution in [2.45, 2.75) is 44.9 Å². The van der Waals surface area contributed by atoms with Crippen LogP contribution >= 0.6 is 0 Å². The Morgan fingerprint density at radius 3 is 2.95 bits per heavy atom. The molecule has 0 unspecified atom stereocenters. The summed E-state index contributed by atoms with van der Waals surface area (Å²) in [4.78, 5) is 6.97. The first kappa shape index (κ1) is 14.9. The summed E-state index contributed by atoms with van der Waals surface area (Å²) in [6.07, 6.45) is 11.5. The number of rotatable bonds is 3. The van der Waals surface area contributed by atoms with E-state index in [0.717, 1.165) is 38.6 Å². The number of aliphatic imine (C=N–C) groups is 1. The van der Waals surface area contributed by atoms with Crippen molar-refractivity contribution >= 4 is 5.96 Å². The zero-order valence-electron chi connectivity index (χ0n) is 13.4. The van der Waals surface area contributed by atoms with Gasteiger partial charge in [-0.1, -0.05) is 24.5 Å². The predicted molar refractivity (Wildman–Crippen MR) is 86.6 cm³/mol. The van der Waals surface area contributed by atoms with Crippen LogP contribution in [-0.2, 0) is 4.74 Å². The van der Waals surface area contributed by atoms with E-state index in [1.54, 1.807) is 0 Å². The third-order valence-corrected chi connectivity index (χ3v) is 5.40. The summed E-state index contributed by atoms with van der Waals surface area (Å²) in [6, 6.07) is 0. The van der Waals surface area contributed by atoms with Crippen molar-refractivity contribution < 1.29 is 4.74 Å². The maximum atomic E-state index is 5.35. The number of nitrogens with one attached hydrogen (secondary N) is 1. The highest BCUT2D eigenvalue weighted by Gasteiger charge is 2.40. The van der Waals surface area contributed by atoms with Gasteiger partial charge in [0.25, 0.3) is 0 Å². The van der Waals surface area contributed by atoms with Gasteiger partial charge < -0.3 is 15.0 Å². The number of nitrogens with zero attached hydrogens (tertiary/aromatic N) is 2. The molecule has 1 saturated carbocycles. The average molecular weight is 291 g/mol. The van der Waals surface area contributed by atoms with Crippen molar-refractivity contribution in [2.24, 2.45) is 10.4 Å². The Labute approximate surface area is 128 Å². The van der Waals surface area contributed by atoms with Gasteiger partial charge in [0.1, 0.15) is 0 Å². The first-order chi connectivity index (χ1) is 10.3. The first-order valence-electron chi connectivity index (χ1n) is 8.53. The van der Waals surface area contributed by atoms with Gasteiger partial charge in [0.2, 0.25) is 0 Å². The standard InChI is InChI=1S/C17H29N3O/c1-18-16(19-10-4-15-5-12-21-13-6-15)20-11-9-17(14-20)7-2-3-8-17/h5H,2-4,6-14H2,1H3,(H,18,19). The third-order valence-electron chi connectivity index (χ3n) is 5.40. The Morgan fingerprint density at radius 1 is 1.38 bits per heavy atom. The maximum absolute atomic E-state index is 5.35. The number of likely N-dealkylation sites (tertiary alicyclic amines) is 1. The molecule has 4 nitrogen and oxygen atoms in total. The van der Waals surface area contributed by atoms with E-state index in [-0.39, 0.29) is 0 Å². The Bertz CT molecular complexity index is 410. The summed E-state index contributed by atoms with van der Waals surface area (Å²) < 4.78 is 5.35. The molecule has 1 spiro atoms. The van der Waals surface area contributed by atoms with Gasteiger partial charge in [-0.15, -0.1) is 0 Å². The van der Waals surface area contributed by atoms with Gasteiger partial charge in [0.05, 0.1) is 13.2 Å². The van der Waals surface area contributed by atoms with E-state index in [1.807, 2.05) is 7.05 Å². The molecule has 3 rings (SSSR count). The van der Waals surface area contributed by atoms with Gasteiger partial charge in [-0.2, -0.15) is 0 Å².